The molecule has 1 aliphatic carbocycles. The van der Waals surface area contributed by atoms with Crippen LogP contribution >= 0.6 is 0 Å². The van der Waals surface area contributed by atoms with Crippen molar-refractivity contribution in [1.82, 2.24) is 4.90 Å². The van der Waals surface area contributed by atoms with Crippen LogP contribution in [0.1, 0.15) is 55.2 Å². The van der Waals surface area contributed by atoms with Crippen LogP contribution in [0.5, 0.6) is 11.5 Å². The third-order valence-electron chi connectivity index (χ3n) is 6.53. The Morgan fingerprint density at radius 3 is 2.63 bits per heavy atom. The molecule has 30 heavy (non-hydrogen) atoms. The Balaban J connectivity index is 1.33. The van der Waals surface area contributed by atoms with Crippen molar-refractivity contribution in [3.8, 4) is 11.5 Å². The molecule has 162 valence electrons. The standard InChI is InChI=1S/C26H35NO3/c1-20-11-12-24(15-21(20)2)29-19-26(28)13-6-14-27(18-26)17-22-7-5-10-25(16-22)30-23-8-3-4-9-23/h5,7,10-12,15-16,23,28H,3-4,6,8-9,13-14,17-19H2,1-2H3. The molecule has 0 amide bonds. The Labute approximate surface area is 180 Å². The predicted octanol–water partition coefficient (Wildman–Crippen LogP) is 5.03. The van der Waals surface area contributed by atoms with Gasteiger partial charge in [0.25, 0.3) is 0 Å². The molecule has 1 saturated carbocycles. The third kappa shape index (κ3) is 5.55. The zero-order valence-corrected chi connectivity index (χ0v) is 18.4. The van der Waals surface area contributed by atoms with Gasteiger partial charge in [-0.05, 0) is 99.9 Å². The molecule has 2 fully saturated rings. The highest BCUT2D eigenvalue weighted by Gasteiger charge is 2.34. The predicted molar refractivity (Wildman–Crippen MR) is 120 cm³/mol. The van der Waals surface area contributed by atoms with E-state index < -0.39 is 5.60 Å². The maximum absolute atomic E-state index is 11.2. The Kier molecular flexibility index (Phi) is 6.64. The van der Waals surface area contributed by atoms with Crippen molar-refractivity contribution in [2.75, 3.05) is 19.7 Å². The molecular formula is C26H35NO3. The second-order valence-corrected chi connectivity index (χ2v) is 9.25. The molecule has 0 bridgehead atoms. The smallest absolute Gasteiger partial charge is 0.120 e. The quantitative estimate of drug-likeness (QED) is 0.696. The second-order valence-electron chi connectivity index (χ2n) is 9.25. The largest absolute Gasteiger partial charge is 0.491 e. The van der Waals surface area contributed by atoms with E-state index in [-0.39, 0.29) is 0 Å². The summed E-state index contributed by atoms with van der Waals surface area (Å²) in [6.07, 6.45) is 7.03. The first kappa shape index (κ1) is 21.2. The number of benzene rings is 2. The molecule has 1 saturated heterocycles. The number of hydrogen-bond acceptors (Lipinski definition) is 4. The van der Waals surface area contributed by atoms with Crippen molar-refractivity contribution in [2.24, 2.45) is 0 Å². The van der Waals surface area contributed by atoms with E-state index in [1.165, 1.54) is 42.4 Å². The van der Waals surface area contributed by atoms with Gasteiger partial charge in [-0.2, -0.15) is 0 Å². The number of aryl methyl sites for hydroxylation is 2. The van der Waals surface area contributed by atoms with Crippen LogP contribution in [-0.2, 0) is 6.54 Å². The first-order valence-electron chi connectivity index (χ1n) is 11.4. The van der Waals surface area contributed by atoms with E-state index in [2.05, 4.69) is 55.1 Å². The van der Waals surface area contributed by atoms with Gasteiger partial charge in [-0.1, -0.05) is 18.2 Å². The van der Waals surface area contributed by atoms with E-state index >= 15 is 0 Å². The molecular weight excluding hydrogens is 374 g/mol. The van der Waals surface area contributed by atoms with E-state index in [0.29, 0.717) is 19.3 Å². The minimum atomic E-state index is -0.811. The van der Waals surface area contributed by atoms with Gasteiger partial charge in [0, 0.05) is 13.1 Å². The van der Waals surface area contributed by atoms with E-state index in [9.17, 15) is 5.11 Å². The minimum absolute atomic E-state index is 0.330. The molecule has 1 N–H and O–H groups in total. The summed E-state index contributed by atoms with van der Waals surface area (Å²) < 4.78 is 12.1. The minimum Gasteiger partial charge on any atom is -0.491 e. The van der Waals surface area contributed by atoms with Crippen LogP contribution in [0, 0.1) is 13.8 Å². The molecule has 2 aromatic carbocycles. The van der Waals surface area contributed by atoms with Gasteiger partial charge < -0.3 is 14.6 Å². The first-order chi connectivity index (χ1) is 14.5. The maximum atomic E-state index is 11.2. The first-order valence-corrected chi connectivity index (χ1v) is 11.4. The summed E-state index contributed by atoms with van der Waals surface area (Å²) in [6.45, 7) is 6.97. The summed E-state index contributed by atoms with van der Waals surface area (Å²) in [6, 6.07) is 14.6. The Morgan fingerprint density at radius 2 is 1.83 bits per heavy atom. The number of piperidine rings is 1. The molecule has 0 radical (unpaired) electrons. The summed E-state index contributed by atoms with van der Waals surface area (Å²) in [5, 5.41) is 11.2. The lowest BCUT2D eigenvalue weighted by molar-refractivity contribution is -0.0621. The lowest BCUT2D eigenvalue weighted by Gasteiger charge is -2.39. The van der Waals surface area contributed by atoms with Crippen molar-refractivity contribution in [3.63, 3.8) is 0 Å². The number of β-amino-alcohol motifs (C(OH)–C–C–N with tert-alkyl or cyclic N) is 1. The highest BCUT2D eigenvalue weighted by Crippen LogP contribution is 2.27. The summed E-state index contributed by atoms with van der Waals surface area (Å²) in [7, 11) is 0. The zero-order valence-electron chi connectivity index (χ0n) is 18.4. The van der Waals surface area contributed by atoms with Gasteiger partial charge in [0.05, 0.1) is 6.10 Å². The number of hydrogen-bond donors (Lipinski definition) is 1. The monoisotopic (exact) mass is 409 g/mol. The fourth-order valence-corrected chi connectivity index (χ4v) is 4.65. The molecule has 1 heterocycles. The number of ether oxygens (including phenoxy) is 2. The molecule has 4 rings (SSSR count). The number of likely N-dealkylation sites (tertiary alicyclic amines) is 1. The van der Waals surface area contributed by atoms with Crippen molar-refractivity contribution in [3.05, 3.63) is 59.2 Å². The lowest BCUT2D eigenvalue weighted by Crippen LogP contribution is -2.51. The molecule has 2 aromatic rings. The van der Waals surface area contributed by atoms with Crippen molar-refractivity contribution < 1.29 is 14.6 Å². The normalized spacial score (nSPS) is 22.9. The van der Waals surface area contributed by atoms with Gasteiger partial charge in [0.1, 0.15) is 23.7 Å². The van der Waals surface area contributed by atoms with E-state index in [0.717, 1.165) is 37.4 Å². The fourth-order valence-electron chi connectivity index (χ4n) is 4.65. The van der Waals surface area contributed by atoms with Crippen LogP contribution in [0.25, 0.3) is 0 Å². The SMILES string of the molecule is Cc1ccc(OCC2(O)CCCN(Cc3cccc(OC4CCCC4)c3)C2)cc1C. The average Bonchev–Trinajstić information content (AvgIpc) is 3.22. The van der Waals surface area contributed by atoms with Gasteiger partial charge in [-0.15, -0.1) is 0 Å². The van der Waals surface area contributed by atoms with E-state index in [1.807, 2.05) is 6.07 Å². The van der Waals surface area contributed by atoms with Crippen molar-refractivity contribution in [2.45, 2.75) is 70.6 Å². The number of nitrogens with zero attached hydrogens (tertiary/aromatic N) is 1. The number of aliphatic hydroxyl groups is 1. The van der Waals surface area contributed by atoms with Gasteiger partial charge in [-0.3, -0.25) is 4.90 Å². The molecule has 1 aliphatic heterocycles. The highest BCUT2D eigenvalue weighted by atomic mass is 16.5. The summed E-state index contributed by atoms with van der Waals surface area (Å²) in [5.41, 5.74) is 2.90. The molecule has 4 nitrogen and oxygen atoms in total. The van der Waals surface area contributed by atoms with Crippen LogP contribution in [0.2, 0.25) is 0 Å². The lowest BCUT2D eigenvalue weighted by atomic mass is 9.93. The fraction of sp³-hybridized carbons (Fsp3) is 0.538. The van der Waals surface area contributed by atoms with Crippen molar-refractivity contribution in [1.29, 1.82) is 0 Å². The maximum Gasteiger partial charge on any atom is 0.120 e. The summed E-state index contributed by atoms with van der Waals surface area (Å²) in [4.78, 5) is 2.34. The van der Waals surface area contributed by atoms with Gasteiger partial charge in [-0.25, -0.2) is 0 Å². The van der Waals surface area contributed by atoms with E-state index in [1.54, 1.807) is 0 Å². The molecule has 4 heteroatoms. The van der Waals surface area contributed by atoms with Gasteiger partial charge >= 0.3 is 0 Å². The summed E-state index contributed by atoms with van der Waals surface area (Å²) >= 11 is 0. The molecule has 2 aliphatic rings. The van der Waals surface area contributed by atoms with Gasteiger partial charge in [0.2, 0.25) is 0 Å². The Morgan fingerprint density at radius 1 is 1.00 bits per heavy atom. The highest BCUT2D eigenvalue weighted by molar-refractivity contribution is 5.34. The van der Waals surface area contributed by atoms with Crippen LogP contribution in [-0.4, -0.2) is 41.4 Å². The second kappa shape index (κ2) is 9.40. The Hall–Kier alpha value is -2.04. The van der Waals surface area contributed by atoms with Crippen LogP contribution in [0.3, 0.4) is 0 Å². The number of rotatable bonds is 7. The molecule has 1 unspecified atom stereocenters. The molecule has 0 aromatic heterocycles. The summed E-state index contributed by atoms with van der Waals surface area (Å²) in [5.74, 6) is 1.81. The molecule has 0 spiro atoms. The van der Waals surface area contributed by atoms with Gasteiger partial charge in [0.15, 0.2) is 0 Å². The van der Waals surface area contributed by atoms with E-state index in [4.69, 9.17) is 9.47 Å². The average molecular weight is 410 g/mol. The van der Waals surface area contributed by atoms with Crippen LogP contribution in [0.15, 0.2) is 42.5 Å². The molecule has 1 atom stereocenters. The zero-order chi connectivity index (χ0) is 21.0. The van der Waals surface area contributed by atoms with Crippen LogP contribution in [0.4, 0.5) is 0 Å². The Bertz CT molecular complexity index is 846. The van der Waals surface area contributed by atoms with Crippen molar-refractivity contribution >= 4 is 0 Å². The topological polar surface area (TPSA) is 41.9 Å². The third-order valence-corrected chi connectivity index (χ3v) is 6.53. The van der Waals surface area contributed by atoms with Crippen LogP contribution < -0.4 is 9.47 Å².